The Morgan fingerprint density at radius 3 is 2.44 bits per heavy atom. The maximum atomic E-state index is 13.4. The fraction of sp³-hybridized carbons (Fsp3) is 0.115. The number of hydrogen-bond donors (Lipinski definition) is 1. The van der Waals surface area contributed by atoms with E-state index in [1.54, 1.807) is 31.4 Å². The van der Waals surface area contributed by atoms with Crippen molar-refractivity contribution >= 4 is 44.1 Å². The zero-order valence-electron chi connectivity index (χ0n) is 18.3. The van der Waals surface area contributed by atoms with E-state index >= 15 is 0 Å². The molecular formula is C26H19FN2O4S. The van der Waals surface area contributed by atoms with Crippen LogP contribution in [0.2, 0.25) is 0 Å². The molecule has 8 heteroatoms. The van der Waals surface area contributed by atoms with E-state index in [1.165, 1.54) is 40.5 Å². The molecule has 170 valence electrons. The summed E-state index contributed by atoms with van der Waals surface area (Å²) in [5.74, 6) is -1.87. The molecule has 0 spiro atoms. The number of nitrogens with zero attached hydrogens (tertiary/aromatic N) is 2. The minimum absolute atomic E-state index is 0.0859. The summed E-state index contributed by atoms with van der Waals surface area (Å²) in [4.78, 5) is 32.4. The number of amides is 1. The molecule has 2 heterocycles. The van der Waals surface area contributed by atoms with Crippen molar-refractivity contribution in [2.45, 2.75) is 13.0 Å². The Morgan fingerprint density at radius 1 is 1.06 bits per heavy atom. The van der Waals surface area contributed by atoms with Crippen LogP contribution in [0.1, 0.15) is 22.7 Å². The first-order chi connectivity index (χ1) is 16.4. The number of hydrogen-bond acceptors (Lipinski definition) is 6. The molecule has 1 aromatic heterocycles. The van der Waals surface area contributed by atoms with Gasteiger partial charge in [-0.2, -0.15) is 0 Å². The first-order valence-electron chi connectivity index (χ1n) is 10.5. The highest BCUT2D eigenvalue weighted by molar-refractivity contribution is 7.22. The molecule has 1 unspecified atom stereocenters. The minimum atomic E-state index is -0.919. The number of aliphatic hydroxyl groups is 1. The summed E-state index contributed by atoms with van der Waals surface area (Å²) in [6, 6.07) is 16.8. The van der Waals surface area contributed by atoms with Crippen molar-refractivity contribution in [3.63, 3.8) is 0 Å². The Hall–Kier alpha value is -4.04. The topological polar surface area (TPSA) is 79.7 Å². The number of carbonyl (C=O) groups is 2. The first kappa shape index (κ1) is 21.8. The maximum absolute atomic E-state index is 13.4. The van der Waals surface area contributed by atoms with E-state index < -0.39 is 23.5 Å². The number of thiazole rings is 1. The van der Waals surface area contributed by atoms with Gasteiger partial charge in [-0.1, -0.05) is 29.5 Å². The lowest BCUT2D eigenvalue weighted by Gasteiger charge is -2.23. The van der Waals surface area contributed by atoms with Crippen LogP contribution in [0.25, 0.3) is 16.0 Å². The van der Waals surface area contributed by atoms with Crippen molar-refractivity contribution in [3.05, 3.63) is 94.8 Å². The van der Waals surface area contributed by atoms with Gasteiger partial charge in [0.1, 0.15) is 17.3 Å². The number of aromatic nitrogens is 1. The average Bonchev–Trinajstić information content (AvgIpc) is 3.37. The largest absolute Gasteiger partial charge is 0.507 e. The Morgan fingerprint density at radius 2 is 1.76 bits per heavy atom. The quantitative estimate of drug-likeness (QED) is 0.244. The van der Waals surface area contributed by atoms with Crippen LogP contribution >= 0.6 is 11.3 Å². The van der Waals surface area contributed by atoms with Gasteiger partial charge in [0, 0.05) is 5.56 Å². The summed E-state index contributed by atoms with van der Waals surface area (Å²) >= 11 is 1.30. The third-order valence-corrected chi connectivity index (χ3v) is 6.75. The van der Waals surface area contributed by atoms with Crippen LogP contribution in [-0.2, 0) is 9.59 Å². The second-order valence-electron chi connectivity index (χ2n) is 7.92. The fourth-order valence-corrected chi connectivity index (χ4v) is 5.11. The molecule has 5 rings (SSSR count). The minimum Gasteiger partial charge on any atom is -0.507 e. The number of rotatable bonds is 4. The Labute approximate surface area is 198 Å². The molecule has 1 saturated heterocycles. The molecule has 3 aromatic carbocycles. The number of methoxy groups -OCH3 is 1. The van der Waals surface area contributed by atoms with Gasteiger partial charge < -0.3 is 9.84 Å². The van der Waals surface area contributed by atoms with E-state index in [1.807, 2.05) is 25.1 Å². The SMILES string of the molecule is COc1ccc(C2C(=C(O)c3ccc(F)cc3)C(=O)C(=O)N2c2nc3ccc(C)cc3s2)cc1. The number of halogens is 1. The van der Waals surface area contributed by atoms with Gasteiger partial charge in [0.15, 0.2) is 5.13 Å². The summed E-state index contributed by atoms with van der Waals surface area (Å²) in [6.45, 7) is 1.96. The predicted octanol–water partition coefficient (Wildman–Crippen LogP) is 5.38. The maximum Gasteiger partial charge on any atom is 0.301 e. The first-order valence-corrected chi connectivity index (χ1v) is 11.3. The Balaban J connectivity index is 1.72. The molecule has 0 radical (unpaired) electrons. The van der Waals surface area contributed by atoms with Gasteiger partial charge in [0.05, 0.1) is 28.9 Å². The second-order valence-corrected chi connectivity index (χ2v) is 8.93. The van der Waals surface area contributed by atoms with Crippen molar-refractivity contribution in [1.29, 1.82) is 0 Å². The number of benzene rings is 3. The lowest BCUT2D eigenvalue weighted by molar-refractivity contribution is -0.132. The highest BCUT2D eigenvalue weighted by atomic mass is 32.1. The van der Waals surface area contributed by atoms with Gasteiger partial charge >= 0.3 is 5.91 Å². The summed E-state index contributed by atoms with van der Waals surface area (Å²) in [5, 5.41) is 11.4. The molecule has 4 aromatic rings. The Kier molecular flexibility index (Phi) is 5.37. The van der Waals surface area contributed by atoms with Crippen molar-refractivity contribution in [2.24, 2.45) is 0 Å². The second kappa shape index (κ2) is 8.39. The number of aryl methyl sites for hydroxylation is 1. The van der Waals surface area contributed by atoms with Crippen LogP contribution in [0.3, 0.4) is 0 Å². The normalized spacial score (nSPS) is 17.5. The third-order valence-electron chi connectivity index (χ3n) is 5.73. The molecule has 34 heavy (non-hydrogen) atoms. The van der Waals surface area contributed by atoms with Gasteiger partial charge in [-0.3, -0.25) is 14.5 Å². The van der Waals surface area contributed by atoms with Crippen LogP contribution in [-0.4, -0.2) is 28.9 Å². The molecule has 0 bridgehead atoms. The Bertz CT molecular complexity index is 1460. The summed E-state index contributed by atoms with van der Waals surface area (Å²) < 4.78 is 19.6. The molecule has 1 amide bonds. The van der Waals surface area contributed by atoms with Gasteiger partial charge in [-0.15, -0.1) is 0 Å². The van der Waals surface area contributed by atoms with Gasteiger partial charge in [-0.05, 0) is 66.6 Å². The molecule has 1 N–H and O–H groups in total. The van der Waals surface area contributed by atoms with Crippen LogP contribution in [0.5, 0.6) is 5.75 Å². The molecule has 6 nitrogen and oxygen atoms in total. The molecular weight excluding hydrogens is 455 g/mol. The van der Waals surface area contributed by atoms with Gasteiger partial charge in [-0.25, -0.2) is 9.37 Å². The van der Waals surface area contributed by atoms with Crippen LogP contribution < -0.4 is 9.64 Å². The lowest BCUT2D eigenvalue weighted by Crippen LogP contribution is -2.29. The van der Waals surface area contributed by atoms with Crippen LogP contribution in [0.4, 0.5) is 9.52 Å². The highest BCUT2D eigenvalue weighted by Crippen LogP contribution is 2.44. The summed E-state index contributed by atoms with van der Waals surface area (Å²) in [5.41, 5.74) is 2.50. The molecule has 0 saturated carbocycles. The predicted molar refractivity (Wildman–Crippen MR) is 129 cm³/mol. The van der Waals surface area contributed by atoms with E-state index in [-0.39, 0.29) is 16.9 Å². The number of Topliss-reactive ketones (excluding diaryl/α,β-unsaturated/α-hetero) is 1. The number of carbonyl (C=O) groups excluding carboxylic acids is 2. The van der Waals surface area contributed by atoms with Crippen LogP contribution in [0.15, 0.2) is 72.3 Å². The molecule has 1 atom stereocenters. The number of ketones is 1. The molecule has 1 fully saturated rings. The monoisotopic (exact) mass is 474 g/mol. The van der Waals surface area contributed by atoms with Crippen molar-refractivity contribution in [3.8, 4) is 5.75 Å². The highest BCUT2D eigenvalue weighted by Gasteiger charge is 2.48. The fourth-order valence-electron chi connectivity index (χ4n) is 4.02. The molecule has 1 aliphatic rings. The van der Waals surface area contributed by atoms with Gasteiger partial charge in [0.25, 0.3) is 5.78 Å². The zero-order valence-corrected chi connectivity index (χ0v) is 19.1. The van der Waals surface area contributed by atoms with E-state index in [2.05, 4.69) is 4.98 Å². The van der Waals surface area contributed by atoms with E-state index in [9.17, 15) is 19.1 Å². The number of ether oxygens (including phenoxy) is 1. The zero-order chi connectivity index (χ0) is 24.0. The lowest BCUT2D eigenvalue weighted by atomic mass is 9.95. The van der Waals surface area contributed by atoms with E-state index in [4.69, 9.17) is 4.74 Å². The van der Waals surface area contributed by atoms with Crippen molar-refractivity contribution in [1.82, 2.24) is 4.98 Å². The standard InChI is InChI=1S/C26H19FN2O4S/c1-14-3-12-19-20(13-14)34-26(28-19)29-22(15-6-10-18(33-2)11-7-15)21(24(31)25(29)32)23(30)16-4-8-17(27)9-5-16/h3-13,22,30H,1-2H3. The number of anilines is 1. The van der Waals surface area contributed by atoms with Gasteiger partial charge in [0.2, 0.25) is 0 Å². The van der Waals surface area contributed by atoms with Crippen molar-refractivity contribution < 1.29 is 23.8 Å². The molecule has 1 aliphatic heterocycles. The summed E-state index contributed by atoms with van der Waals surface area (Å²) in [6.07, 6.45) is 0. The van der Waals surface area contributed by atoms with Crippen molar-refractivity contribution in [2.75, 3.05) is 12.0 Å². The molecule has 0 aliphatic carbocycles. The average molecular weight is 475 g/mol. The number of fused-ring (bicyclic) bond motifs is 1. The third kappa shape index (κ3) is 3.62. The van der Waals surface area contributed by atoms with Crippen LogP contribution in [0, 0.1) is 12.7 Å². The smallest absolute Gasteiger partial charge is 0.301 e. The van der Waals surface area contributed by atoms with E-state index in [0.717, 1.165) is 10.3 Å². The summed E-state index contributed by atoms with van der Waals surface area (Å²) in [7, 11) is 1.54. The number of aliphatic hydroxyl groups excluding tert-OH is 1. The van der Waals surface area contributed by atoms with E-state index in [0.29, 0.717) is 22.0 Å².